The average molecular weight is 404 g/mol. The first-order valence-corrected chi connectivity index (χ1v) is 9.41. The maximum atomic E-state index is 12.4. The van der Waals surface area contributed by atoms with Gasteiger partial charge in [0.15, 0.2) is 0 Å². The molecule has 8 nitrogen and oxygen atoms in total. The number of aromatic nitrogens is 1. The highest BCUT2D eigenvalue weighted by molar-refractivity contribution is 6.42. The smallest absolute Gasteiger partial charge is 0.256 e. The molecule has 1 amide bonds. The highest BCUT2D eigenvalue weighted by atomic mass is 35.5. The molecular weight excluding hydrogens is 382 g/mol. The van der Waals surface area contributed by atoms with E-state index in [-0.39, 0.29) is 12.5 Å². The van der Waals surface area contributed by atoms with Crippen molar-refractivity contribution >= 4 is 42.4 Å². The highest BCUT2D eigenvalue weighted by Crippen LogP contribution is 2.27. The molecule has 1 aromatic rings. The van der Waals surface area contributed by atoms with Crippen LogP contribution in [0.25, 0.3) is 5.70 Å². The molecule has 28 heavy (non-hydrogen) atoms. The summed E-state index contributed by atoms with van der Waals surface area (Å²) in [6.45, 7) is 5.89. The molecule has 9 heteroatoms. The summed E-state index contributed by atoms with van der Waals surface area (Å²) in [6.07, 6.45) is 5.74. The topological polar surface area (TPSA) is 96.2 Å². The van der Waals surface area contributed by atoms with Crippen molar-refractivity contribution in [1.29, 1.82) is 0 Å². The third-order valence-corrected chi connectivity index (χ3v) is 4.95. The van der Waals surface area contributed by atoms with E-state index in [0.717, 1.165) is 26.1 Å². The Morgan fingerprint density at radius 1 is 1.46 bits per heavy atom. The Labute approximate surface area is 168 Å². The average Bonchev–Trinajstić information content (AvgIpc) is 3.02. The number of ether oxygens (including phenoxy) is 1. The first-order chi connectivity index (χ1) is 13.6. The molecule has 0 aliphatic carbocycles. The third-order valence-electron chi connectivity index (χ3n) is 4.68. The van der Waals surface area contributed by atoms with Gasteiger partial charge in [0.2, 0.25) is 0 Å². The van der Waals surface area contributed by atoms with Crippen LogP contribution in [0.4, 0.5) is 0 Å². The molecule has 0 unspecified atom stereocenters. The van der Waals surface area contributed by atoms with E-state index in [1.54, 1.807) is 12.3 Å². The summed E-state index contributed by atoms with van der Waals surface area (Å²) >= 11 is 6.35. The molecule has 3 heterocycles. The van der Waals surface area contributed by atoms with Gasteiger partial charge in [-0.2, -0.15) is 0 Å². The molecule has 1 fully saturated rings. The van der Waals surface area contributed by atoms with Gasteiger partial charge in [-0.25, -0.2) is 0 Å². The van der Waals surface area contributed by atoms with Gasteiger partial charge in [0, 0.05) is 37.2 Å². The lowest BCUT2D eigenvalue weighted by Crippen LogP contribution is -2.34. The molecule has 0 saturated carbocycles. The Morgan fingerprint density at radius 2 is 2.25 bits per heavy atom. The van der Waals surface area contributed by atoms with Gasteiger partial charge in [0.1, 0.15) is 6.29 Å². The number of carbonyl (C=O) groups excluding carboxylic acids is 2. The summed E-state index contributed by atoms with van der Waals surface area (Å²) in [4.78, 5) is 37.1. The second kappa shape index (κ2) is 9.68. The van der Waals surface area contributed by atoms with Crippen LogP contribution < -0.4 is 5.32 Å². The van der Waals surface area contributed by atoms with E-state index in [9.17, 15) is 9.59 Å². The zero-order valence-corrected chi connectivity index (χ0v) is 16.2. The maximum absolute atomic E-state index is 12.4. The molecule has 0 radical (unpaired) electrons. The lowest BCUT2D eigenvalue weighted by atomic mass is 10.1. The minimum absolute atomic E-state index is 0.0421. The lowest BCUT2D eigenvalue weighted by molar-refractivity contribution is -0.108. The number of carbonyl (C=O) groups is 2. The van der Waals surface area contributed by atoms with Gasteiger partial charge >= 0.3 is 0 Å². The largest absolute Gasteiger partial charge is 0.381 e. The highest BCUT2D eigenvalue weighted by Gasteiger charge is 2.28. The Balaban J connectivity index is 1.70. The molecule has 1 N–H and O–H groups in total. The quantitative estimate of drug-likeness (QED) is 0.525. The number of pyridine rings is 1. The number of hydrogen-bond acceptors (Lipinski definition) is 7. The van der Waals surface area contributed by atoms with Crippen molar-refractivity contribution in [2.75, 3.05) is 26.4 Å². The van der Waals surface area contributed by atoms with E-state index in [4.69, 9.17) is 16.3 Å². The SMILES string of the molecule is C=N/C(=C(Cl)\C=N/CNC1CCOCC1)c1cnc2c(c1)C(=O)N(CC=O)C2. The van der Waals surface area contributed by atoms with Crippen LogP contribution in [0.5, 0.6) is 0 Å². The number of fused-ring (bicyclic) bond motifs is 1. The minimum atomic E-state index is -0.231. The van der Waals surface area contributed by atoms with Crippen molar-refractivity contribution in [3.63, 3.8) is 0 Å². The molecule has 2 aliphatic rings. The predicted molar refractivity (Wildman–Crippen MR) is 108 cm³/mol. The number of aliphatic imine (C=N–C) groups is 2. The molecule has 3 rings (SSSR count). The van der Waals surface area contributed by atoms with Crippen LogP contribution >= 0.6 is 11.6 Å². The summed E-state index contributed by atoms with van der Waals surface area (Å²) in [5.41, 5.74) is 2.05. The predicted octanol–water partition coefficient (Wildman–Crippen LogP) is 1.64. The Morgan fingerprint density at radius 3 is 2.96 bits per heavy atom. The van der Waals surface area contributed by atoms with Crippen LogP contribution in [0.2, 0.25) is 0 Å². The van der Waals surface area contributed by atoms with E-state index in [2.05, 4.69) is 27.0 Å². The Bertz CT molecular complexity index is 818. The number of nitrogens with one attached hydrogen (secondary N) is 1. The molecule has 0 atom stereocenters. The third kappa shape index (κ3) is 4.70. The van der Waals surface area contributed by atoms with Crippen LogP contribution in [0.3, 0.4) is 0 Å². The molecule has 1 aromatic heterocycles. The van der Waals surface area contributed by atoms with Crippen LogP contribution in [-0.4, -0.2) is 67.5 Å². The molecule has 0 bridgehead atoms. The number of halogens is 1. The monoisotopic (exact) mass is 403 g/mol. The van der Waals surface area contributed by atoms with E-state index in [1.807, 2.05) is 0 Å². The van der Waals surface area contributed by atoms with Crippen molar-refractivity contribution in [2.45, 2.75) is 25.4 Å². The van der Waals surface area contributed by atoms with Crippen LogP contribution in [0, 0.1) is 0 Å². The first-order valence-electron chi connectivity index (χ1n) is 9.03. The molecular formula is C19H22ClN5O3. The summed E-state index contributed by atoms with van der Waals surface area (Å²) in [6, 6.07) is 2.07. The summed E-state index contributed by atoms with van der Waals surface area (Å²) in [5.74, 6) is -0.231. The fraction of sp³-hybridized carbons (Fsp3) is 0.421. The molecule has 1 saturated heterocycles. The zero-order chi connectivity index (χ0) is 19.9. The van der Waals surface area contributed by atoms with Gasteiger partial charge in [0.05, 0.1) is 41.7 Å². The van der Waals surface area contributed by atoms with Crippen molar-refractivity contribution in [1.82, 2.24) is 15.2 Å². The van der Waals surface area contributed by atoms with Crippen LogP contribution in [0.1, 0.15) is 34.5 Å². The van der Waals surface area contributed by atoms with Crippen molar-refractivity contribution in [2.24, 2.45) is 9.98 Å². The zero-order valence-electron chi connectivity index (χ0n) is 15.4. The number of hydrogen-bond donors (Lipinski definition) is 1. The first kappa shape index (κ1) is 20.3. The Kier molecular flexibility index (Phi) is 7.02. The fourth-order valence-corrected chi connectivity index (χ4v) is 3.41. The van der Waals surface area contributed by atoms with E-state index in [0.29, 0.717) is 53.1 Å². The van der Waals surface area contributed by atoms with Crippen molar-refractivity contribution in [3.05, 3.63) is 34.1 Å². The number of aldehydes is 1. The van der Waals surface area contributed by atoms with Gasteiger partial charge in [-0.15, -0.1) is 0 Å². The minimum Gasteiger partial charge on any atom is -0.381 e. The van der Waals surface area contributed by atoms with E-state index >= 15 is 0 Å². The van der Waals surface area contributed by atoms with Crippen molar-refractivity contribution < 1.29 is 14.3 Å². The van der Waals surface area contributed by atoms with Gasteiger partial charge in [-0.05, 0) is 25.6 Å². The van der Waals surface area contributed by atoms with Crippen molar-refractivity contribution in [3.8, 4) is 0 Å². The van der Waals surface area contributed by atoms with Gasteiger partial charge in [0.25, 0.3) is 5.91 Å². The second-order valence-corrected chi connectivity index (χ2v) is 6.89. The molecule has 148 valence electrons. The second-order valence-electron chi connectivity index (χ2n) is 6.49. The Hall–Kier alpha value is -2.42. The maximum Gasteiger partial charge on any atom is 0.256 e. The van der Waals surface area contributed by atoms with Gasteiger partial charge in [-0.1, -0.05) is 11.6 Å². The summed E-state index contributed by atoms with van der Waals surface area (Å²) < 4.78 is 5.32. The summed E-state index contributed by atoms with van der Waals surface area (Å²) in [7, 11) is 0. The standard InChI is InChI=1S/C19H22ClN5O3/c1-21-18(16(20)10-22-12-24-14-2-6-28-7-3-14)13-8-15-17(23-9-13)11-25(4-5-26)19(15)27/h5,8-10,14,24H,1-4,6-7,11-12H2/b18-16+,22-10-. The number of amides is 1. The van der Waals surface area contributed by atoms with Gasteiger partial charge < -0.3 is 14.4 Å². The molecule has 2 aliphatic heterocycles. The fourth-order valence-electron chi connectivity index (χ4n) is 3.17. The normalized spacial score (nSPS) is 18.3. The number of allylic oxidation sites excluding steroid dienone is 1. The van der Waals surface area contributed by atoms with E-state index < -0.39 is 0 Å². The molecule has 0 aromatic carbocycles. The van der Waals surface area contributed by atoms with E-state index in [1.165, 1.54) is 11.1 Å². The number of rotatable bonds is 8. The number of nitrogens with zero attached hydrogens (tertiary/aromatic N) is 4. The van der Waals surface area contributed by atoms with Gasteiger partial charge in [-0.3, -0.25) is 25.1 Å². The van der Waals surface area contributed by atoms with Crippen LogP contribution in [0.15, 0.2) is 27.3 Å². The van der Waals surface area contributed by atoms with Crippen LogP contribution in [-0.2, 0) is 16.1 Å². The molecule has 0 spiro atoms. The summed E-state index contributed by atoms with van der Waals surface area (Å²) in [5, 5.41) is 3.64. The lowest BCUT2D eigenvalue weighted by Gasteiger charge is -2.22.